The zero-order valence-electron chi connectivity index (χ0n) is 13.7. The molecular formula is C23H17NO. The van der Waals surface area contributed by atoms with Crippen molar-refractivity contribution in [2.45, 2.75) is 6.42 Å². The minimum atomic E-state index is 0.650. The zero-order valence-corrected chi connectivity index (χ0v) is 13.7. The van der Waals surface area contributed by atoms with Crippen LogP contribution in [0, 0.1) is 0 Å². The molecule has 3 aromatic carbocycles. The lowest BCUT2D eigenvalue weighted by Gasteiger charge is -2.26. The zero-order chi connectivity index (χ0) is 17.1. The Morgan fingerprint density at radius 3 is 2.00 bits per heavy atom. The van der Waals surface area contributed by atoms with Crippen LogP contribution >= 0.6 is 0 Å². The molecule has 0 bridgehead atoms. The van der Waals surface area contributed by atoms with Gasteiger partial charge in [0.1, 0.15) is 5.94 Å². The van der Waals surface area contributed by atoms with Crippen molar-refractivity contribution in [3.8, 4) is 0 Å². The second-order valence-corrected chi connectivity index (χ2v) is 5.97. The van der Waals surface area contributed by atoms with Crippen LogP contribution in [0.4, 0.5) is 17.1 Å². The maximum absolute atomic E-state index is 11.2. The number of fused-ring (bicyclic) bond motifs is 1. The average molecular weight is 323 g/mol. The number of hydrogen-bond acceptors (Lipinski definition) is 2. The van der Waals surface area contributed by atoms with Crippen molar-refractivity contribution in [3.05, 3.63) is 96.1 Å². The van der Waals surface area contributed by atoms with Gasteiger partial charge in [-0.25, -0.2) is 4.79 Å². The van der Waals surface area contributed by atoms with Crippen molar-refractivity contribution >= 4 is 34.7 Å². The fraction of sp³-hybridized carbons (Fsp3) is 0.0435. The molecule has 1 aliphatic rings. The maximum Gasteiger partial charge on any atom is 0.128 e. The van der Waals surface area contributed by atoms with E-state index in [1.165, 1.54) is 0 Å². The van der Waals surface area contributed by atoms with Gasteiger partial charge in [-0.2, -0.15) is 0 Å². The SMILES string of the molecule is O=C=C1CC=Cc2cc(N(c3ccccc3)c3ccccc3)ccc21. The molecule has 0 heterocycles. The molecule has 0 radical (unpaired) electrons. The molecule has 0 atom stereocenters. The summed E-state index contributed by atoms with van der Waals surface area (Å²) in [6.45, 7) is 0. The Labute approximate surface area is 147 Å². The summed E-state index contributed by atoms with van der Waals surface area (Å²) in [4.78, 5) is 13.4. The number of anilines is 3. The normalized spacial score (nSPS) is 12.4. The number of nitrogens with zero attached hydrogens (tertiary/aromatic N) is 1. The van der Waals surface area contributed by atoms with Gasteiger partial charge in [-0.3, -0.25) is 0 Å². The van der Waals surface area contributed by atoms with E-state index in [0.717, 1.165) is 33.8 Å². The number of hydrogen-bond donors (Lipinski definition) is 0. The fourth-order valence-electron chi connectivity index (χ4n) is 3.21. The molecule has 0 aromatic heterocycles. The lowest BCUT2D eigenvalue weighted by Crippen LogP contribution is -2.10. The van der Waals surface area contributed by atoms with Crippen LogP contribution in [0.2, 0.25) is 0 Å². The average Bonchev–Trinajstić information content (AvgIpc) is 2.69. The van der Waals surface area contributed by atoms with Gasteiger partial charge in [0, 0.05) is 29.1 Å². The lowest BCUT2D eigenvalue weighted by atomic mass is 9.92. The van der Waals surface area contributed by atoms with Crippen molar-refractivity contribution in [3.63, 3.8) is 0 Å². The molecule has 0 fully saturated rings. The van der Waals surface area contributed by atoms with Crippen LogP contribution < -0.4 is 4.90 Å². The van der Waals surface area contributed by atoms with E-state index in [1.807, 2.05) is 48.5 Å². The summed E-state index contributed by atoms with van der Waals surface area (Å²) < 4.78 is 0. The number of allylic oxidation sites excluding steroid dienone is 2. The molecule has 0 saturated heterocycles. The molecular weight excluding hydrogens is 306 g/mol. The highest BCUT2D eigenvalue weighted by molar-refractivity contribution is 5.94. The van der Waals surface area contributed by atoms with E-state index in [4.69, 9.17) is 0 Å². The van der Waals surface area contributed by atoms with Gasteiger partial charge in [0.25, 0.3) is 0 Å². The molecule has 25 heavy (non-hydrogen) atoms. The van der Waals surface area contributed by atoms with E-state index < -0.39 is 0 Å². The van der Waals surface area contributed by atoms with Crippen molar-refractivity contribution in [2.24, 2.45) is 0 Å². The van der Waals surface area contributed by atoms with Crippen LogP contribution in [0.5, 0.6) is 0 Å². The first-order chi connectivity index (χ1) is 12.4. The fourth-order valence-corrected chi connectivity index (χ4v) is 3.21. The quantitative estimate of drug-likeness (QED) is 0.569. The van der Waals surface area contributed by atoms with E-state index in [9.17, 15) is 4.79 Å². The van der Waals surface area contributed by atoms with Gasteiger partial charge in [0.05, 0.1) is 0 Å². The summed E-state index contributed by atoms with van der Waals surface area (Å²) in [7, 11) is 0. The largest absolute Gasteiger partial charge is 0.310 e. The third-order valence-corrected chi connectivity index (χ3v) is 4.39. The Morgan fingerprint density at radius 1 is 0.760 bits per heavy atom. The maximum atomic E-state index is 11.2. The molecule has 3 aromatic rings. The van der Waals surface area contributed by atoms with Crippen LogP contribution in [0.1, 0.15) is 17.5 Å². The van der Waals surface area contributed by atoms with Gasteiger partial charge in [-0.1, -0.05) is 54.6 Å². The summed E-state index contributed by atoms with van der Waals surface area (Å²) in [6.07, 6.45) is 4.74. The second-order valence-electron chi connectivity index (χ2n) is 5.97. The Kier molecular flexibility index (Phi) is 4.04. The summed E-state index contributed by atoms with van der Waals surface area (Å²) in [6, 6.07) is 26.8. The molecule has 120 valence electrons. The number of carbonyl (C=O) groups excluding carboxylic acids is 1. The number of rotatable bonds is 3. The third-order valence-electron chi connectivity index (χ3n) is 4.39. The third kappa shape index (κ3) is 2.91. The van der Waals surface area contributed by atoms with Gasteiger partial charge >= 0.3 is 0 Å². The Hall–Kier alpha value is -3.35. The van der Waals surface area contributed by atoms with Crippen LogP contribution in [-0.4, -0.2) is 5.94 Å². The minimum Gasteiger partial charge on any atom is -0.310 e. The van der Waals surface area contributed by atoms with Crippen LogP contribution in [0.3, 0.4) is 0 Å². The highest BCUT2D eigenvalue weighted by Gasteiger charge is 2.16. The van der Waals surface area contributed by atoms with E-state index in [2.05, 4.69) is 53.3 Å². The molecule has 0 amide bonds. The smallest absolute Gasteiger partial charge is 0.128 e. The van der Waals surface area contributed by atoms with Gasteiger partial charge in [-0.15, -0.1) is 0 Å². The van der Waals surface area contributed by atoms with E-state index in [1.54, 1.807) is 0 Å². The first-order valence-electron chi connectivity index (χ1n) is 8.32. The van der Waals surface area contributed by atoms with E-state index in [0.29, 0.717) is 6.42 Å². The molecule has 0 unspecified atom stereocenters. The Balaban J connectivity index is 1.87. The first kappa shape index (κ1) is 15.2. The topological polar surface area (TPSA) is 20.3 Å². The highest BCUT2D eigenvalue weighted by atomic mass is 16.1. The van der Waals surface area contributed by atoms with Gasteiger partial charge in [0.2, 0.25) is 0 Å². The molecule has 2 heteroatoms. The molecule has 4 rings (SSSR count). The minimum absolute atomic E-state index is 0.650. The van der Waals surface area contributed by atoms with Crippen LogP contribution in [0.25, 0.3) is 11.6 Å². The summed E-state index contributed by atoms with van der Waals surface area (Å²) in [5.41, 5.74) is 6.00. The second kappa shape index (κ2) is 6.64. The van der Waals surface area contributed by atoms with Crippen LogP contribution in [0.15, 0.2) is 84.9 Å². The van der Waals surface area contributed by atoms with E-state index in [-0.39, 0.29) is 0 Å². The monoisotopic (exact) mass is 323 g/mol. The number of benzene rings is 3. The molecule has 0 aliphatic heterocycles. The van der Waals surface area contributed by atoms with Gasteiger partial charge < -0.3 is 4.90 Å². The van der Waals surface area contributed by atoms with Crippen molar-refractivity contribution < 1.29 is 4.79 Å². The molecule has 0 saturated carbocycles. The number of para-hydroxylation sites is 2. The van der Waals surface area contributed by atoms with Crippen molar-refractivity contribution in [2.75, 3.05) is 4.90 Å². The van der Waals surface area contributed by atoms with Crippen molar-refractivity contribution in [1.82, 2.24) is 0 Å². The Morgan fingerprint density at radius 2 is 1.40 bits per heavy atom. The van der Waals surface area contributed by atoms with Gasteiger partial charge in [-0.05, 0) is 47.5 Å². The van der Waals surface area contributed by atoms with Gasteiger partial charge in [0.15, 0.2) is 0 Å². The lowest BCUT2D eigenvalue weighted by molar-refractivity contribution is 0.569. The van der Waals surface area contributed by atoms with E-state index >= 15 is 0 Å². The molecule has 2 nitrogen and oxygen atoms in total. The van der Waals surface area contributed by atoms with Crippen molar-refractivity contribution in [1.29, 1.82) is 0 Å². The molecule has 0 spiro atoms. The molecule has 0 N–H and O–H groups in total. The molecule has 1 aliphatic carbocycles. The summed E-state index contributed by atoms with van der Waals surface area (Å²) >= 11 is 0. The predicted octanol–water partition coefficient (Wildman–Crippen LogP) is 5.79. The first-order valence-corrected chi connectivity index (χ1v) is 8.32. The summed E-state index contributed by atoms with van der Waals surface area (Å²) in [5.74, 6) is 2.07. The standard InChI is InChI=1S/C23H17NO/c25-17-19-9-7-8-18-16-22(14-15-23(18)19)24(20-10-3-1-4-11-20)21-12-5-2-6-13-21/h1-8,10-16H,9H2. The predicted molar refractivity (Wildman–Crippen MR) is 104 cm³/mol. The van der Waals surface area contributed by atoms with Crippen LogP contribution in [-0.2, 0) is 4.79 Å². The Bertz CT molecular complexity index is 928. The summed E-state index contributed by atoms with van der Waals surface area (Å²) in [5, 5.41) is 0. The highest BCUT2D eigenvalue weighted by Crippen LogP contribution is 2.37.